The van der Waals surface area contributed by atoms with E-state index in [1.807, 2.05) is 0 Å². The topological polar surface area (TPSA) is 70.7 Å². The Morgan fingerprint density at radius 1 is 1.44 bits per heavy atom. The number of aromatic nitrogens is 3. The van der Waals surface area contributed by atoms with Crippen LogP contribution in [0.25, 0.3) is 0 Å². The largest absolute Gasteiger partial charge is 0.349 e. The van der Waals surface area contributed by atoms with Gasteiger partial charge >= 0.3 is 0 Å². The van der Waals surface area contributed by atoms with E-state index < -0.39 is 0 Å². The summed E-state index contributed by atoms with van der Waals surface area (Å²) in [5, 5.41) is 9.63. The average Bonchev–Trinajstić information content (AvgIpc) is 3.00. The van der Waals surface area contributed by atoms with Crippen LogP contribution in [-0.4, -0.2) is 27.6 Å². The Morgan fingerprint density at radius 3 is 2.94 bits per heavy atom. The van der Waals surface area contributed by atoms with Gasteiger partial charge < -0.3 is 5.32 Å². The van der Waals surface area contributed by atoms with Crippen LogP contribution in [0.2, 0.25) is 0 Å². The van der Waals surface area contributed by atoms with Crippen molar-refractivity contribution in [1.29, 1.82) is 0 Å². The van der Waals surface area contributed by atoms with Crippen molar-refractivity contribution in [2.24, 2.45) is 5.92 Å². The van der Waals surface area contributed by atoms with Gasteiger partial charge in [0.2, 0.25) is 5.82 Å². The molecule has 1 fully saturated rings. The number of nitrogens with zero attached hydrogens (tertiary/aromatic N) is 2. The van der Waals surface area contributed by atoms with Crippen molar-refractivity contribution in [1.82, 2.24) is 20.5 Å². The lowest BCUT2D eigenvalue weighted by Crippen LogP contribution is -2.26. The second-order valence-corrected chi connectivity index (χ2v) is 5.05. The molecule has 0 bridgehead atoms. The van der Waals surface area contributed by atoms with E-state index in [1.54, 1.807) is 0 Å². The van der Waals surface area contributed by atoms with E-state index >= 15 is 0 Å². The lowest BCUT2D eigenvalue weighted by Gasteiger charge is -2.08. The lowest BCUT2D eigenvalue weighted by molar-refractivity contribution is 0.0941. The van der Waals surface area contributed by atoms with Gasteiger partial charge in [-0.2, -0.15) is 0 Å². The monoisotopic (exact) mass is 250 g/mol. The summed E-state index contributed by atoms with van der Waals surface area (Å²) in [7, 11) is 0. The SMILES string of the molecule is CCCc1nc(C(=O)NCCC2CCCC2)n[nH]1. The van der Waals surface area contributed by atoms with Gasteiger partial charge in [0.05, 0.1) is 0 Å². The van der Waals surface area contributed by atoms with Gasteiger partial charge in [0.1, 0.15) is 5.82 Å². The molecule has 0 atom stereocenters. The summed E-state index contributed by atoms with van der Waals surface area (Å²) >= 11 is 0. The molecule has 1 aliphatic carbocycles. The maximum atomic E-state index is 11.8. The Morgan fingerprint density at radius 2 is 2.22 bits per heavy atom. The van der Waals surface area contributed by atoms with Crippen LogP contribution in [0.5, 0.6) is 0 Å². The molecule has 5 nitrogen and oxygen atoms in total. The zero-order chi connectivity index (χ0) is 12.8. The van der Waals surface area contributed by atoms with Crippen LogP contribution in [0.1, 0.15) is 61.9 Å². The predicted molar refractivity (Wildman–Crippen MR) is 69.3 cm³/mol. The smallest absolute Gasteiger partial charge is 0.290 e. The van der Waals surface area contributed by atoms with Crippen LogP contribution in [0.15, 0.2) is 0 Å². The number of nitrogens with one attached hydrogen (secondary N) is 2. The third kappa shape index (κ3) is 3.55. The number of aryl methyl sites for hydroxylation is 1. The Hall–Kier alpha value is -1.39. The zero-order valence-corrected chi connectivity index (χ0v) is 11.0. The van der Waals surface area contributed by atoms with Crippen molar-refractivity contribution >= 4 is 5.91 Å². The average molecular weight is 250 g/mol. The van der Waals surface area contributed by atoms with Crippen LogP contribution in [-0.2, 0) is 6.42 Å². The molecule has 0 spiro atoms. The van der Waals surface area contributed by atoms with Crippen molar-refractivity contribution < 1.29 is 4.79 Å². The van der Waals surface area contributed by atoms with Crippen LogP contribution >= 0.6 is 0 Å². The normalized spacial score (nSPS) is 16.1. The maximum absolute atomic E-state index is 11.8. The quantitative estimate of drug-likeness (QED) is 0.812. The van der Waals surface area contributed by atoms with Gasteiger partial charge in [-0.3, -0.25) is 9.89 Å². The first-order valence-corrected chi connectivity index (χ1v) is 6.99. The van der Waals surface area contributed by atoms with Crippen molar-refractivity contribution in [2.75, 3.05) is 6.54 Å². The van der Waals surface area contributed by atoms with E-state index in [9.17, 15) is 4.79 Å². The first kappa shape index (κ1) is 13.1. The summed E-state index contributed by atoms with van der Waals surface area (Å²) < 4.78 is 0. The van der Waals surface area contributed by atoms with Crippen molar-refractivity contribution in [2.45, 2.75) is 51.9 Å². The van der Waals surface area contributed by atoms with E-state index in [4.69, 9.17) is 0 Å². The van der Waals surface area contributed by atoms with E-state index in [0.717, 1.165) is 37.5 Å². The molecule has 2 rings (SSSR count). The number of H-pyrrole nitrogens is 1. The Kier molecular flexibility index (Phi) is 4.73. The van der Waals surface area contributed by atoms with Crippen molar-refractivity contribution in [3.8, 4) is 0 Å². The number of carbonyl (C=O) groups is 1. The molecule has 0 unspecified atom stereocenters. The van der Waals surface area contributed by atoms with E-state index in [2.05, 4.69) is 27.4 Å². The van der Waals surface area contributed by atoms with Gasteiger partial charge in [0, 0.05) is 13.0 Å². The fourth-order valence-electron chi connectivity index (χ4n) is 2.51. The Labute approximate surface area is 108 Å². The van der Waals surface area contributed by atoms with Crippen LogP contribution in [0.4, 0.5) is 0 Å². The third-order valence-electron chi connectivity index (χ3n) is 3.53. The number of rotatable bonds is 6. The number of hydrogen-bond acceptors (Lipinski definition) is 3. The first-order valence-electron chi connectivity index (χ1n) is 6.99. The molecule has 1 saturated carbocycles. The number of carbonyl (C=O) groups excluding carboxylic acids is 1. The van der Waals surface area contributed by atoms with Gasteiger partial charge in [-0.25, -0.2) is 4.98 Å². The molecule has 1 aliphatic rings. The second-order valence-electron chi connectivity index (χ2n) is 5.05. The minimum Gasteiger partial charge on any atom is -0.349 e. The second kappa shape index (κ2) is 6.52. The summed E-state index contributed by atoms with van der Waals surface area (Å²) in [4.78, 5) is 16.0. The minimum absolute atomic E-state index is 0.161. The highest BCUT2D eigenvalue weighted by Gasteiger charge is 2.16. The minimum atomic E-state index is -0.161. The molecule has 0 saturated heterocycles. The van der Waals surface area contributed by atoms with Gasteiger partial charge in [0.25, 0.3) is 5.91 Å². The molecule has 0 radical (unpaired) electrons. The number of amides is 1. The molecule has 18 heavy (non-hydrogen) atoms. The maximum Gasteiger partial charge on any atom is 0.290 e. The first-order chi connectivity index (χ1) is 8.79. The molecule has 100 valence electrons. The molecule has 5 heteroatoms. The van der Waals surface area contributed by atoms with Crippen molar-refractivity contribution in [3.05, 3.63) is 11.6 Å². The standard InChI is InChI=1S/C13H22N4O/c1-2-5-11-15-12(17-16-11)13(18)14-9-8-10-6-3-4-7-10/h10H,2-9H2,1H3,(H,14,18)(H,15,16,17). The molecule has 0 aliphatic heterocycles. The molecule has 1 aromatic heterocycles. The molecule has 1 amide bonds. The number of hydrogen-bond donors (Lipinski definition) is 2. The highest BCUT2D eigenvalue weighted by atomic mass is 16.2. The predicted octanol–water partition coefficient (Wildman–Crippen LogP) is 2.07. The summed E-state index contributed by atoms with van der Waals surface area (Å²) in [6.45, 7) is 2.81. The van der Waals surface area contributed by atoms with Gasteiger partial charge in [0.15, 0.2) is 0 Å². The van der Waals surface area contributed by atoms with Gasteiger partial charge in [-0.15, -0.1) is 5.10 Å². The van der Waals surface area contributed by atoms with Gasteiger partial charge in [-0.05, 0) is 18.8 Å². The molecular weight excluding hydrogens is 228 g/mol. The van der Waals surface area contributed by atoms with Crippen LogP contribution < -0.4 is 5.32 Å². The van der Waals surface area contributed by atoms with E-state index in [1.165, 1.54) is 25.7 Å². The number of aromatic amines is 1. The summed E-state index contributed by atoms with van der Waals surface area (Å²) in [5.74, 6) is 1.70. The van der Waals surface area contributed by atoms with Crippen LogP contribution in [0, 0.1) is 5.92 Å². The highest BCUT2D eigenvalue weighted by Crippen LogP contribution is 2.26. The molecule has 1 aromatic rings. The summed E-state index contributed by atoms with van der Waals surface area (Å²) in [6.07, 6.45) is 8.24. The van der Waals surface area contributed by atoms with Crippen LogP contribution in [0.3, 0.4) is 0 Å². The molecular formula is C13H22N4O. The molecule has 2 N–H and O–H groups in total. The highest BCUT2D eigenvalue weighted by molar-refractivity contribution is 5.90. The van der Waals surface area contributed by atoms with Gasteiger partial charge in [-0.1, -0.05) is 32.6 Å². The molecule has 0 aromatic carbocycles. The van der Waals surface area contributed by atoms with E-state index in [-0.39, 0.29) is 11.7 Å². The van der Waals surface area contributed by atoms with Crippen molar-refractivity contribution in [3.63, 3.8) is 0 Å². The summed E-state index contributed by atoms with van der Waals surface area (Å²) in [5.41, 5.74) is 0. The fraction of sp³-hybridized carbons (Fsp3) is 0.769. The van der Waals surface area contributed by atoms with E-state index in [0.29, 0.717) is 0 Å². The third-order valence-corrected chi connectivity index (χ3v) is 3.53. The lowest BCUT2D eigenvalue weighted by atomic mass is 10.0. The fourth-order valence-corrected chi connectivity index (χ4v) is 2.51. The Balaban J connectivity index is 1.72. The molecule has 1 heterocycles. The Bertz CT molecular complexity index is 382. The zero-order valence-electron chi connectivity index (χ0n) is 11.0. The summed E-state index contributed by atoms with van der Waals surface area (Å²) in [6, 6.07) is 0.